The number of furan rings is 1. The standard InChI is InChI=1S/C19H28N2O5/c1-14(26-13-16-6-2-3-10-25-16)19(23)21-9-4-8-17(21)18(22)20-12-15-7-5-11-24-15/h5,7,11,14,16-17H,2-4,6,8-10,12-13H2,1H3,(H,20,22). The smallest absolute Gasteiger partial charge is 0.252 e. The van der Waals surface area contributed by atoms with Crippen LogP contribution in [0.25, 0.3) is 0 Å². The van der Waals surface area contributed by atoms with Gasteiger partial charge in [0.15, 0.2) is 0 Å². The molecule has 0 spiro atoms. The van der Waals surface area contributed by atoms with Crippen LogP contribution in [0.3, 0.4) is 0 Å². The Morgan fingerprint density at radius 2 is 2.23 bits per heavy atom. The van der Waals surface area contributed by atoms with Crippen molar-refractivity contribution >= 4 is 11.8 Å². The Bertz CT molecular complexity index is 583. The molecule has 2 amide bonds. The Balaban J connectivity index is 1.47. The molecule has 2 aliphatic rings. The highest BCUT2D eigenvalue weighted by Crippen LogP contribution is 2.20. The number of likely N-dealkylation sites (tertiary alicyclic amines) is 1. The Labute approximate surface area is 154 Å². The summed E-state index contributed by atoms with van der Waals surface area (Å²) in [7, 11) is 0. The van der Waals surface area contributed by atoms with E-state index in [-0.39, 0.29) is 17.9 Å². The first-order valence-electron chi connectivity index (χ1n) is 9.49. The fraction of sp³-hybridized carbons (Fsp3) is 0.684. The highest BCUT2D eigenvalue weighted by atomic mass is 16.5. The number of nitrogens with zero attached hydrogens (tertiary/aromatic N) is 1. The molecule has 3 rings (SSSR count). The monoisotopic (exact) mass is 364 g/mol. The molecule has 0 radical (unpaired) electrons. The molecule has 26 heavy (non-hydrogen) atoms. The summed E-state index contributed by atoms with van der Waals surface area (Å²) in [6, 6.07) is 3.15. The topological polar surface area (TPSA) is 81.0 Å². The van der Waals surface area contributed by atoms with Gasteiger partial charge >= 0.3 is 0 Å². The third-order valence-corrected chi connectivity index (χ3v) is 5.01. The average molecular weight is 364 g/mol. The minimum absolute atomic E-state index is 0.0740. The second-order valence-corrected chi connectivity index (χ2v) is 6.95. The van der Waals surface area contributed by atoms with E-state index in [1.165, 1.54) is 0 Å². The number of hydrogen-bond donors (Lipinski definition) is 1. The zero-order valence-corrected chi connectivity index (χ0v) is 15.3. The molecule has 0 aromatic carbocycles. The van der Waals surface area contributed by atoms with Gasteiger partial charge in [0.1, 0.15) is 17.9 Å². The SMILES string of the molecule is CC(OCC1CCCCO1)C(=O)N1CCCC1C(=O)NCc1ccco1. The molecule has 1 aromatic heterocycles. The normalized spacial score (nSPS) is 24.4. The Morgan fingerprint density at radius 1 is 1.35 bits per heavy atom. The first-order chi connectivity index (χ1) is 12.6. The van der Waals surface area contributed by atoms with E-state index in [2.05, 4.69) is 5.32 Å². The van der Waals surface area contributed by atoms with Gasteiger partial charge in [-0.3, -0.25) is 9.59 Å². The van der Waals surface area contributed by atoms with Gasteiger partial charge < -0.3 is 24.1 Å². The van der Waals surface area contributed by atoms with Crippen LogP contribution < -0.4 is 5.32 Å². The molecule has 2 fully saturated rings. The minimum Gasteiger partial charge on any atom is -0.467 e. The van der Waals surface area contributed by atoms with Crippen molar-refractivity contribution in [3.8, 4) is 0 Å². The van der Waals surface area contributed by atoms with Crippen LogP contribution in [0.2, 0.25) is 0 Å². The fourth-order valence-corrected chi connectivity index (χ4v) is 3.50. The number of rotatable bonds is 7. The molecule has 3 heterocycles. The van der Waals surface area contributed by atoms with E-state index < -0.39 is 12.1 Å². The number of carbonyl (C=O) groups is 2. The van der Waals surface area contributed by atoms with Crippen LogP contribution in [0.4, 0.5) is 0 Å². The molecule has 0 bridgehead atoms. The minimum atomic E-state index is -0.570. The summed E-state index contributed by atoms with van der Waals surface area (Å²) in [6.45, 7) is 3.86. The summed E-state index contributed by atoms with van der Waals surface area (Å²) in [5.41, 5.74) is 0. The molecule has 144 valence electrons. The van der Waals surface area contributed by atoms with E-state index in [0.717, 1.165) is 32.3 Å². The van der Waals surface area contributed by atoms with E-state index in [1.54, 1.807) is 30.2 Å². The van der Waals surface area contributed by atoms with Crippen molar-refractivity contribution in [3.05, 3.63) is 24.2 Å². The number of nitrogens with one attached hydrogen (secondary N) is 1. The summed E-state index contributed by atoms with van der Waals surface area (Å²) in [6.07, 6.45) is 5.78. The van der Waals surface area contributed by atoms with Crippen molar-refractivity contribution in [2.45, 2.75) is 63.8 Å². The van der Waals surface area contributed by atoms with Gasteiger partial charge in [0.2, 0.25) is 5.91 Å². The van der Waals surface area contributed by atoms with Gasteiger partial charge in [-0.2, -0.15) is 0 Å². The van der Waals surface area contributed by atoms with Gasteiger partial charge in [-0.05, 0) is 51.2 Å². The molecule has 0 saturated carbocycles. The molecule has 2 saturated heterocycles. The molecule has 3 atom stereocenters. The van der Waals surface area contributed by atoms with Crippen LogP contribution in [0.1, 0.15) is 44.8 Å². The summed E-state index contributed by atoms with van der Waals surface area (Å²) in [4.78, 5) is 26.8. The quantitative estimate of drug-likeness (QED) is 0.799. The van der Waals surface area contributed by atoms with E-state index >= 15 is 0 Å². The molecule has 7 nitrogen and oxygen atoms in total. The Hall–Kier alpha value is -1.86. The van der Waals surface area contributed by atoms with Crippen LogP contribution in [0.15, 0.2) is 22.8 Å². The second-order valence-electron chi connectivity index (χ2n) is 6.95. The van der Waals surface area contributed by atoms with Gasteiger partial charge in [-0.25, -0.2) is 0 Å². The maximum absolute atomic E-state index is 12.7. The zero-order chi connectivity index (χ0) is 18.4. The fourth-order valence-electron chi connectivity index (χ4n) is 3.50. The van der Waals surface area contributed by atoms with Gasteiger partial charge in [0.05, 0.1) is 25.5 Å². The molecule has 1 N–H and O–H groups in total. The van der Waals surface area contributed by atoms with Crippen molar-refractivity contribution < 1.29 is 23.5 Å². The van der Waals surface area contributed by atoms with Crippen molar-refractivity contribution in [3.63, 3.8) is 0 Å². The van der Waals surface area contributed by atoms with Gasteiger partial charge in [0.25, 0.3) is 5.91 Å². The van der Waals surface area contributed by atoms with Gasteiger partial charge in [0, 0.05) is 13.2 Å². The lowest BCUT2D eigenvalue weighted by molar-refractivity contribution is -0.150. The largest absolute Gasteiger partial charge is 0.467 e. The molecule has 2 aliphatic heterocycles. The lowest BCUT2D eigenvalue weighted by Gasteiger charge is -2.28. The highest BCUT2D eigenvalue weighted by Gasteiger charge is 2.36. The maximum Gasteiger partial charge on any atom is 0.252 e. The Kier molecular flexibility index (Phi) is 6.68. The number of hydrogen-bond acceptors (Lipinski definition) is 5. The molecular weight excluding hydrogens is 336 g/mol. The lowest BCUT2D eigenvalue weighted by atomic mass is 10.1. The maximum atomic E-state index is 12.7. The van der Waals surface area contributed by atoms with Crippen LogP contribution in [0, 0.1) is 0 Å². The third kappa shape index (κ3) is 4.86. The summed E-state index contributed by atoms with van der Waals surface area (Å²) >= 11 is 0. The second kappa shape index (κ2) is 9.19. The summed E-state index contributed by atoms with van der Waals surface area (Å²) in [5, 5.41) is 2.85. The third-order valence-electron chi connectivity index (χ3n) is 5.01. The van der Waals surface area contributed by atoms with E-state index in [9.17, 15) is 9.59 Å². The predicted octanol–water partition coefficient (Wildman–Crippen LogP) is 1.86. The number of ether oxygens (including phenoxy) is 2. The van der Waals surface area contributed by atoms with Crippen molar-refractivity contribution in [2.24, 2.45) is 0 Å². The van der Waals surface area contributed by atoms with Crippen molar-refractivity contribution in [1.82, 2.24) is 10.2 Å². The van der Waals surface area contributed by atoms with Gasteiger partial charge in [-0.15, -0.1) is 0 Å². The highest BCUT2D eigenvalue weighted by molar-refractivity contribution is 5.89. The van der Waals surface area contributed by atoms with E-state index in [0.29, 0.717) is 31.9 Å². The predicted molar refractivity (Wildman–Crippen MR) is 94.3 cm³/mol. The van der Waals surface area contributed by atoms with Crippen LogP contribution in [-0.4, -0.2) is 54.7 Å². The van der Waals surface area contributed by atoms with Crippen molar-refractivity contribution in [2.75, 3.05) is 19.8 Å². The average Bonchev–Trinajstić information content (AvgIpc) is 3.36. The molecule has 0 aliphatic carbocycles. The van der Waals surface area contributed by atoms with Crippen LogP contribution in [0.5, 0.6) is 0 Å². The molecule has 3 unspecified atom stereocenters. The lowest BCUT2D eigenvalue weighted by Crippen LogP contribution is -2.49. The van der Waals surface area contributed by atoms with Crippen LogP contribution in [-0.2, 0) is 25.6 Å². The van der Waals surface area contributed by atoms with Crippen LogP contribution >= 0.6 is 0 Å². The van der Waals surface area contributed by atoms with Gasteiger partial charge in [-0.1, -0.05) is 0 Å². The molecule has 1 aromatic rings. The van der Waals surface area contributed by atoms with E-state index in [1.807, 2.05) is 0 Å². The van der Waals surface area contributed by atoms with Crippen molar-refractivity contribution in [1.29, 1.82) is 0 Å². The summed E-state index contributed by atoms with van der Waals surface area (Å²) in [5.74, 6) is 0.421. The molecular formula is C19H28N2O5. The molecule has 7 heteroatoms. The zero-order valence-electron chi connectivity index (χ0n) is 15.3. The number of amides is 2. The van der Waals surface area contributed by atoms with E-state index in [4.69, 9.17) is 13.9 Å². The number of carbonyl (C=O) groups excluding carboxylic acids is 2. The summed E-state index contributed by atoms with van der Waals surface area (Å²) < 4.78 is 16.6. The first-order valence-corrected chi connectivity index (χ1v) is 9.49. The Morgan fingerprint density at radius 3 is 2.96 bits per heavy atom. The first kappa shape index (κ1) is 18.9.